The van der Waals surface area contributed by atoms with E-state index >= 15 is 0 Å². The number of amides is 3. The third-order valence-electron chi connectivity index (χ3n) is 5.57. The summed E-state index contributed by atoms with van der Waals surface area (Å²) < 4.78 is 0. The highest BCUT2D eigenvalue weighted by atomic mass is 16.2. The SMILES string of the molecule is Nc1ccc2cnc(-c3ccc4c(c3)CN(C3CCC(=O)NC3=O)C4=O)cc2c1. The lowest BCUT2D eigenvalue weighted by Gasteiger charge is -2.29. The summed E-state index contributed by atoms with van der Waals surface area (Å²) in [5, 5.41) is 4.32. The Kier molecular flexibility index (Phi) is 3.84. The number of carbonyl (C=O) groups excluding carboxylic acids is 3. The number of nitrogens with two attached hydrogens (primary N) is 1. The molecule has 1 fully saturated rings. The van der Waals surface area contributed by atoms with Gasteiger partial charge in [-0.25, -0.2) is 0 Å². The van der Waals surface area contributed by atoms with Gasteiger partial charge >= 0.3 is 0 Å². The van der Waals surface area contributed by atoms with Crippen LogP contribution >= 0.6 is 0 Å². The van der Waals surface area contributed by atoms with E-state index in [0.717, 1.165) is 27.6 Å². The average molecular weight is 386 g/mol. The lowest BCUT2D eigenvalue weighted by atomic mass is 10.0. The molecule has 3 aromatic rings. The summed E-state index contributed by atoms with van der Waals surface area (Å²) in [5.41, 5.74) is 9.70. The summed E-state index contributed by atoms with van der Waals surface area (Å²) in [6, 6.07) is 12.6. The van der Waals surface area contributed by atoms with Crippen molar-refractivity contribution in [1.82, 2.24) is 15.2 Å². The Hall–Kier alpha value is -3.74. The fourth-order valence-electron chi connectivity index (χ4n) is 4.05. The van der Waals surface area contributed by atoms with E-state index in [1.807, 2.05) is 36.4 Å². The molecule has 3 N–H and O–H groups in total. The van der Waals surface area contributed by atoms with E-state index in [-0.39, 0.29) is 18.2 Å². The van der Waals surface area contributed by atoms with Crippen LogP contribution in [0.5, 0.6) is 0 Å². The number of fused-ring (bicyclic) bond motifs is 2. The van der Waals surface area contributed by atoms with Gasteiger partial charge in [-0.3, -0.25) is 24.7 Å². The van der Waals surface area contributed by atoms with Crippen LogP contribution in [0.15, 0.2) is 48.7 Å². The zero-order chi connectivity index (χ0) is 20.1. The van der Waals surface area contributed by atoms with Crippen LogP contribution < -0.4 is 11.1 Å². The average Bonchev–Trinajstić information content (AvgIpc) is 3.03. The number of aromatic nitrogens is 1. The summed E-state index contributed by atoms with van der Waals surface area (Å²) in [6.07, 6.45) is 2.40. The molecule has 0 aliphatic carbocycles. The number of carbonyl (C=O) groups is 3. The highest BCUT2D eigenvalue weighted by Gasteiger charge is 2.39. The first-order valence-corrected chi connectivity index (χ1v) is 9.43. The molecule has 1 unspecified atom stereocenters. The van der Waals surface area contributed by atoms with E-state index in [1.165, 1.54) is 0 Å². The van der Waals surface area contributed by atoms with Crippen molar-refractivity contribution in [2.75, 3.05) is 5.73 Å². The van der Waals surface area contributed by atoms with Gasteiger partial charge in [-0.2, -0.15) is 0 Å². The maximum atomic E-state index is 12.8. The monoisotopic (exact) mass is 386 g/mol. The predicted octanol–water partition coefficient (Wildman–Crippen LogP) is 2.25. The molecule has 1 atom stereocenters. The minimum atomic E-state index is -0.613. The largest absolute Gasteiger partial charge is 0.399 e. The second-order valence-corrected chi connectivity index (χ2v) is 7.45. The molecule has 144 valence electrons. The maximum absolute atomic E-state index is 12.8. The topological polar surface area (TPSA) is 105 Å². The Balaban J connectivity index is 1.47. The molecule has 0 radical (unpaired) electrons. The van der Waals surface area contributed by atoms with Gasteiger partial charge in [0.25, 0.3) is 5.91 Å². The Labute approximate surface area is 166 Å². The number of hydrogen-bond donors (Lipinski definition) is 2. The number of rotatable bonds is 2. The number of anilines is 1. The summed E-state index contributed by atoms with van der Waals surface area (Å²) in [4.78, 5) is 42.5. The molecule has 0 saturated carbocycles. The van der Waals surface area contributed by atoms with Crippen LogP contribution in [-0.2, 0) is 16.1 Å². The Bertz CT molecular complexity index is 1200. The zero-order valence-corrected chi connectivity index (χ0v) is 15.5. The lowest BCUT2D eigenvalue weighted by Crippen LogP contribution is -2.52. The standard InChI is InChI=1S/C22H18N4O3/c23-16-3-1-13-10-24-18(9-14(13)8-16)12-2-4-17-15(7-12)11-26(22(17)29)19-5-6-20(27)25-21(19)28/h1-4,7-10,19H,5-6,11,23H2,(H,25,27,28). The van der Waals surface area contributed by atoms with Crippen molar-refractivity contribution in [2.45, 2.75) is 25.4 Å². The Morgan fingerprint density at radius 2 is 1.90 bits per heavy atom. The van der Waals surface area contributed by atoms with Crippen molar-refractivity contribution < 1.29 is 14.4 Å². The second kappa shape index (κ2) is 6.41. The van der Waals surface area contributed by atoms with Gasteiger partial charge in [-0.05, 0) is 47.7 Å². The number of benzene rings is 2. The predicted molar refractivity (Wildman–Crippen MR) is 108 cm³/mol. The molecular weight excluding hydrogens is 368 g/mol. The van der Waals surface area contributed by atoms with Crippen LogP contribution in [0.3, 0.4) is 0 Å². The Morgan fingerprint density at radius 3 is 2.72 bits per heavy atom. The molecule has 2 aromatic carbocycles. The first-order valence-electron chi connectivity index (χ1n) is 9.43. The highest BCUT2D eigenvalue weighted by molar-refractivity contribution is 6.05. The van der Waals surface area contributed by atoms with Gasteiger partial charge in [0.2, 0.25) is 11.8 Å². The van der Waals surface area contributed by atoms with E-state index in [1.54, 1.807) is 17.2 Å². The van der Waals surface area contributed by atoms with Gasteiger partial charge in [0.15, 0.2) is 0 Å². The molecule has 0 spiro atoms. The van der Waals surface area contributed by atoms with Crippen molar-refractivity contribution in [3.05, 3.63) is 59.8 Å². The quantitative estimate of drug-likeness (QED) is 0.519. The van der Waals surface area contributed by atoms with Gasteiger partial charge in [-0.15, -0.1) is 0 Å². The van der Waals surface area contributed by atoms with Gasteiger partial charge in [0.05, 0.1) is 5.69 Å². The molecule has 7 heteroatoms. The smallest absolute Gasteiger partial charge is 0.255 e. The molecule has 2 aliphatic rings. The number of nitrogen functional groups attached to an aromatic ring is 1. The van der Waals surface area contributed by atoms with E-state index in [4.69, 9.17) is 5.73 Å². The van der Waals surface area contributed by atoms with Crippen molar-refractivity contribution in [1.29, 1.82) is 0 Å². The summed E-state index contributed by atoms with van der Waals surface area (Å²) in [6.45, 7) is 0.342. The molecule has 29 heavy (non-hydrogen) atoms. The molecule has 7 nitrogen and oxygen atoms in total. The number of nitrogens with one attached hydrogen (secondary N) is 1. The Morgan fingerprint density at radius 1 is 1.03 bits per heavy atom. The minimum Gasteiger partial charge on any atom is -0.399 e. The van der Waals surface area contributed by atoms with Crippen LogP contribution in [0, 0.1) is 0 Å². The first kappa shape index (κ1) is 17.4. The molecule has 3 heterocycles. The minimum absolute atomic E-state index is 0.180. The van der Waals surface area contributed by atoms with Crippen molar-refractivity contribution in [2.24, 2.45) is 0 Å². The summed E-state index contributed by atoms with van der Waals surface area (Å²) in [7, 11) is 0. The van der Waals surface area contributed by atoms with Gasteiger partial charge in [-0.1, -0.05) is 12.1 Å². The summed E-state index contributed by atoms with van der Waals surface area (Å²) in [5.74, 6) is -0.877. The van der Waals surface area contributed by atoms with E-state index in [2.05, 4.69) is 10.3 Å². The number of hydrogen-bond acceptors (Lipinski definition) is 5. The van der Waals surface area contributed by atoms with Crippen LogP contribution in [0.4, 0.5) is 5.69 Å². The molecular formula is C22H18N4O3. The number of nitrogens with zero attached hydrogens (tertiary/aromatic N) is 2. The van der Waals surface area contributed by atoms with Crippen LogP contribution in [-0.4, -0.2) is 33.6 Å². The van der Waals surface area contributed by atoms with Gasteiger partial charge in [0.1, 0.15) is 6.04 Å². The van der Waals surface area contributed by atoms with Crippen LogP contribution in [0.2, 0.25) is 0 Å². The number of pyridine rings is 1. The van der Waals surface area contributed by atoms with E-state index < -0.39 is 11.9 Å². The van der Waals surface area contributed by atoms with Crippen molar-refractivity contribution >= 4 is 34.2 Å². The van der Waals surface area contributed by atoms with Gasteiger partial charge in [0, 0.05) is 41.4 Å². The maximum Gasteiger partial charge on any atom is 0.255 e. The molecule has 3 amide bonds. The number of piperidine rings is 1. The third kappa shape index (κ3) is 2.91. The van der Waals surface area contributed by atoms with E-state index in [0.29, 0.717) is 24.2 Å². The summed E-state index contributed by atoms with van der Waals surface area (Å²) >= 11 is 0. The molecule has 0 bridgehead atoms. The second-order valence-electron chi connectivity index (χ2n) is 7.45. The molecule has 1 saturated heterocycles. The molecule has 2 aliphatic heterocycles. The highest BCUT2D eigenvalue weighted by Crippen LogP contribution is 2.31. The van der Waals surface area contributed by atoms with Gasteiger partial charge < -0.3 is 10.6 Å². The van der Waals surface area contributed by atoms with Crippen molar-refractivity contribution in [3.8, 4) is 11.3 Å². The fraction of sp³-hybridized carbons (Fsp3) is 0.182. The first-order chi connectivity index (χ1) is 14.0. The third-order valence-corrected chi connectivity index (χ3v) is 5.57. The number of imide groups is 1. The zero-order valence-electron chi connectivity index (χ0n) is 15.5. The van der Waals surface area contributed by atoms with Crippen LogP contribution in [0.25, 0.3) is 22.0 Å². The molecule has 5 rings (SSSR count). The van der Waals surface area contributed by atoms with E-state index in [9.17, 15) is 14.4 Å². The van der Waals surface area contributed by atoms with Crippen molar-refractivity contribution in [3.63, 3.8) is 0 Å². The lowest BCUT2D eigenvalue weighted by molar-refractivity contribution is -0.136. The fourth-order valence-corrected chi connectivity index (χ4v) is 4.05. The molecule has 1 aromatic heterocycles. The van der Waals surface area contributed by atoms with Crippen LogP contribution in [0.1, 0.15) is 28.8 Å². The normalized spacial score (nSPS) is 18.8.